The molecule has 8 rings (SSSR count). The molecule has 2 aromatic heterocycles. The minimum atomic E-state index is -0.971. The van der Waals surface area contributed by atoms with Crippen LogP contribution in [0.1, 0.15) is 34.6 Å². The highest BCUT2D eigenvalue weighted by Crippen LogP contribution is 2.45. The average Bonchev–Trinajstić information content (AvgIpc) is 3.61. The molecule has 2 aliphatic rings. The number of nitrogen functional groups attached to an aromatic ring is 1. The summed E-state index contributed by atoms with van der Waals surface area (Å²) in [7, 11) is 1.67. The molecule has 0 amide bonds. The van der Waals surface area contributed by atoms with Crippen LogP contribution in [0.25, 0.3) is 11.2 Å². The standard InChI is InChI=1S/C39H37N5O5/c1-45-30-19-17-29(18-20-30)39(27-13-7-3-8-14-27,28-15-9-4-10-16-28)48-21-31-32(44-25-43-34-36(40)41-24-42-37(34)44)22-46-33-23-47-38(49-35(31)33)26-11-5-2-6-12-26/h2-20,24-25,31-33,35,38H,21-23H2,1H3,(H2,40,41,42)/t31-,32-,33-,35+,38-/m1/s1. The largest absolute Gasteiger partial charge is 0.497 e. The molecule has 4 heterocycles. The highest BCUT2D eigenvalue weighted by molar-refractivity contribution is 5.81. The van der Waals surface area contributed by atoms with Crippen molar-refractivity contribution >= 4 is 17.0 Å². The van der Waals surface area contributed by atoms with E-state index in [0.717, 1.165) is 28.0 Å². The molecule has 248 valence electrons. The summed E-state index contributed by atoms with van der Waals surface area (Å²) in [5, 5.41) is 0. The Hall–Kier alpha value is -5.13. The van der Waals surface area contributed by atoms with Crippen LogP contribution in [0.4, 0.5) is 5.82 Å². The van der Waals surface area contributed by atoms with Crippen LogP contribution >= 0.6 is 0 Å². The number of hydrogen-bond donors (Lipinski definition) is 1. The summed E-state index contributed by atoms with van der Waals surface area (Å²) in [5.41, 5.74) is 10.3. The van der Waals surface area contributed by atoms with Crippen molar-refractivity contribution in [3.05, 3.63) is 150 Å². The normalized spacial score (nSPS) is 22.4. The summed E-state index contributed by atoms with van der Waals surface area (Å²) in [6, 6.07) is 38.5. The smallest absolute Gasteiger partial charge is 0.184 e. The van der Waals surface area contributed by atoms with Gasteiger partial charge in [-0.3, -0.25) is 0 Å². The van der Waals surface area contributed by atoms with Crippen LogP contribution in [0.5, 0.6) is 5.75 Å². The highest BCUT2D eigenvalue weighted by Gasteiger charge is 2.49. The maximum absolute atomic E-state index is 7.45. The first-order chi connectivity index (χ1) is 24.2. The van der Waals surface area contributed by atoms with E-state index >= 15 is 0 Å². The number of nitrogens with two attached hydrogens (primary N) is 1. The number of imidazole rings is 1. The fourth-order valence-electron chi connectivity index (χ4n) is 7.16. The zero-order valence-electron chi connectivity index (χ0n) is 27.0. The van der Waals surface area contributed by atoms with Gasteiger partial charge in [0.05, 0.1) is 45.4 Å². The fraction of sp³-hybridized carbons (Fsp3) is 0.256. The SMILES string of the molecule is COc1ccc(C(OC[C@H]2[C@@H]3O[C@H](c4ccccc4)OC[C@H]3OC[C@H]2n2cnc3c(N)ncnc32)(c2ccccc2)c2ccccc2)cc1. The Balaban J connectivity index is 1.25. The predicted octanol–water partition coefficient (Wildman–Crippen LogP) is 6.10. The number of fused-ring (bicyclic) bond motifs is 2. The molecule has 0 unspecified atom stereocenters. The van der Waals surface area contributed by atoms with Crippen LogP contribution in [-0.2, 0) is 24.5 Å². The molecule has 2 saturated heterocycles. The van der Waals surface area contributed by atoms with Crippen LogP contribution in [0.2, 0.25) is 0 Å². The second kappa shape index (κ2) is 13.4. The lowest BCUT2D eigenvalue weighted by Crippen LogP contribution is -2.55. The summed E-state index contributed by atoms with van der Waals surface area (Å²) in [6.45, 7) is 1.06. The molecule has 4 aromatic carbocycles. The Labute approximate surface area is 284 Å². The number of hydrogen-bond acceptors (Lipinski definition) is 9. The van der Waals surface area contributed by atoms with Crippen LogP contribution in [0.3, 0.4) is 0 Å². The lowest BCUT2D eigenvalue weighted by molar-refractivity contribution is -0.302. The van der Waals surface area contributed by atoms with E-state index in [1.807, 2.05) is 83.4 Å². The van der Waals surface area contributed by atoms with Gasteiger partial charge in [-0.05, 0) is 28.8 Å². The van der Waals surface area contributed by atoms with E-state index < -0.39 is 11.9 Å². The molecule has 10 heteroatoms. The summed E-state index contributed by atoms with van der Waals surface area (Å²) in [5.74, 6) is 0.874. The third-order valence-electron chi connectivity index (χ3n) is 9.62. The Kier molecular flexibility index (Phi) is 8.53. The van der Waals surface area contributed by atoms with Crippen molar-refractivity contribution in [2.75, 3.05) is 32.7 Å². The quantitative estimate of drug-likeness (QED) is 0.185. The van der Waals surface area contributed by atoms with Gasteiger partial charge >= 0.3 is 0 Å². The third-order valence-corrected chi connectivity index (χ3v) is 9.62. The van der Waals surface area contributed by atoms with Crippen molar-refractivity contribution in [1.82, 2.24) is 19.5 Å². The Morgan fingerprint density at radius 1 is 0.776 bits per heavy atom. The lowest BCUT2D eigenvalue weighted by atomic mass is 9.79. The summed E-state index contributed by atoms with van der Waals surface area (Å²) in [6.07, 6.45) is 1.98. The van der Waals surface area contributed by atoms with Gasteiger partial charge in [-0.15, -0.1) is 0 Å². The second-order valence-corrected chi connectivity index (χ2v) is 12.3. The third kappa shape index (κ3) is 5.72. The number of aromatic nitrogens is 4. The second-order valence-electron chi connectivity index (χ2n) is 12.3. The van der Waals surface area contributed by atoms with Gasteiger partial charge in [-0.25, -0.2) is 15.0 Å². The molecule has 10 nitrogen and oxygen atoms in total. The van der Waals surface area contributed by atoms with Crippen molar-refractivity contribution in [1.29, 1.82) is 0 Å². The van der Waals surface area contributed by atoms with Crippen molar-refractivity contribution < 1.29 is 23.7 Å². The number of rotatable bonds is 9. The molecule has 0 aliphatic carbocycles. The number of anilines is 1. The molecule has 0 spiro atoms. The van der Waals surface area contributed by atoms with Gasteiger partial charge in [0, 0.05) is 11.5 Å². The first-order valence-electron chi connectivity index (χ1n) is 16.4. The van der Waals surface area contributed by atoms with Crippen molar-refractivity contribution in [2.24, 2.45) is 5.92 Å². The zero-order chi connectivity index (χ0) is 33.2. The van der Waals surface area contributed by atoms with Crippen molar-refractivity contribution in [3.8, 4) is 5.75 Å². The lowest BCUT2D eigenvalue weighted by Gasteiger charge is -2.48. The first kappa shape index (κ1) is 31.2. The predicted molar refractivity (Wildman–Crippen MR) is 184 cm³/mol. The number of nitrogens with zero attached hydrogens (tertiary/aromatic N) is 4. The maximum atomic E-state index is 7.45. The molecule has 0 saturated carbocycles. The zero-order valence-corrected chi connectivity index (χ0v) is 27.0. The van der Waals surface area contributed by atoms with Gasteiger partial charge in [0.25, 0.3) is 0 Å². The Bertz CT molecular complexity index is 1950. The van der Waals surface area contributed by atoms with Crippen LogP contribution < -0.4 is 10.5 Å². The highest BCUT2D eigenvalue weighted by atomic mass is 16.7. The van der Waals surface area contributed by atoms with Crippen molar-refractivity contribution in [3.63, 3.8) is 0 Å². The van der Waals surface area contributed by atoms with Crippen LogP contribution in [0, 0.1) is 5.92 Å². The first-order valence-corrected chi connectivity index (χ1v) is 16.4. The van der Waals surface area contributed by atoms with Crippen molar-refractivity contribution in [2.45, 2.75) is 30.1 Å². The molecule has 2 aliphatic heterocycles. The average molecular weight is 656 g/mol. The number of ether oxygens (including phenoxy) is 5. The fourth-order valence-corrected chi connectivity index (χ4v) is 7.16. The van der Waals surface area contributed by atoms with Gasteiger partial charge in [0.1, 0.15) is 29.3 Å². The number of methoxy groups -OCH3 is 1. The van der Waals surface area contributed by atoms with E-state index in [-0.39, 0.29) is 24.2 Å². The van der Waals surface area contributed by atoms with Gasteiger partial charge < -0.3 is 34.0 Å². The van der Waals surface area contributed by atoms with E-state index in [4.69, 9.17) is 29.4 Å². The van der Waals surface area contributed by atoms with E-state index in [2.05, 4.69) is 51.4 Å². The van der Waals surface area contributed by atoms with Gasteiger partial charge in [-0.2, -0.15) is 0 Å². The van der Waals surface area contributed by atoms with Crippen LogP contribution in [0.15, 0.2) is 128 Å². The summed E-state index contributed by atoms with van der Waals surface area (Å²) < 4.78 is 34.5. The summed E-state index contributed by atoms with van der Waals surface area (Å²) >= 11 is 0. The van der Waals surface area contributed by atoms with E-state index in [9.17, 15) is 0 Å². The molecular formula is C39H37N5O5. The minimum absolute atomic E-state index is 0.215. The molecule has 2 fully saturated rings. The summed E-state index contributed by atoms with van der Waals surface area (Å²) in [4.78, 5) is 13.3. The Morgan fingerprint density at radius 3 is 2.10 bits per heavy atom. The maximum Gasteiger partial charge on any atom is 0.184 e. The number of benzene rings is 4. The Morgan fingerprint density at radius 2 is 1.43 bits per heavy atom. The molecule has 5 atom stereocenters. The van der Waals surface area contributed by atoms with Crippen LogP contribution in [-0.4, -0.2) is 58.7 Å². The molecule has 2 N–H and O–H groups in total. The van der Waals surface area contributed by atoms with Gasteiger partial charge in [0.2, 0.25) is 0 Å². The van der Waals surface area contributed by atoms with E-state index in [1.54, 1.807) is 13.4 Å². The minimum Gasteiger partial charge on any atom is -0.497 e. The van der Waals surface area contributed by atoms with Gasteiger partial charge in [0.15, 0.2) is 17.8 Å². The van der Waals surface area contributed by atoms with Gasteiger partial charge in [-0.1, -0.05) is 103 Å². The molecule has 49 heavy (non-hydrogen) atoms. The van der Waals surface area contributed by atoms with E-state index in [0.29, 0.717) is 36.8 Å². The molecule has 6 aromatic rings. The monoisotopic (exact) mass is 655 g/mol. The molecule has 0 radical (unpaired) electrons. The molecular weight excluding hydrogens is 618 g/mol. The topological polar surface area (TPSA) is 116 Å². The van der Waals surface area contributed by atoms with E-state index in [1.165, 1.54) is 6.33 Å². The molecule has 0 bridgehead atoms.